The second-order valence-corrected chi connectivity index (χ2v) is 4.09. The summed E-state index contributed by atoms with van der Waals surface area (Å²) in [5, 5.41) is 3.30. The predicted octanol–water partition coefficient (Wildman–Crippen LogP) is -0.664. The minimum Gasteiger partial charge on any atom is -0.398 e. The summed E-state index contributed by atoms with van der Waals surface area (Å²) in [7, 11) is 0. The zero-order chi connectivity index (χ0) is 11.4. The van der Waals surface area contributed by atoms with Gasteiger partial charge >= 0.3 is 0 Å². The molecule has 2 heterocycles. The van der Waals surface area contributed by atoms with Gasteiger partial charge in [-0.15, -0.1) is 0 Å². The summed E-state index contributed by atoms with van der Waals surface area (Å²) in [6.07, 6.45) is 1.71. The normalized spacial score (nSPS) is 17.5. The molecule has 5 nitrogen and oxygen atoms in total. The van der Waals surface area contributed by atoms with Crippen LogP contribution in [0.5, 0.6) is 0 Å². The molecule has 0 atom stereocenters. The van der Waals surface area contributed by atoms with Crippen molar-refractivity contribution in [2.45, 2.75) is 6.54 Å². The van der Waals surface area contributed by atoms with E-state index in [1.165, 1.54) is 6.07 Å². The van der Waals surface area contributed by atoms with E-state index in [0.717, 1.165) is 32.7 Å². The molecule has 1 aromatic rings. The molecule has 1 aromatic heterocycles. The first kappa shape index (κ1) is 11.2. The Labute approximate surface area is 94.9 Å². The fourth-order valence-corrected chi connectivity index (χ4v) is 1.91. The zero-order valence-electron chi connectivity index (χ0n) is 9.35. The minimum atomic E-state index is 0.0179. The van der Waals surface area contributed by atoms with Crippen molar-refractivity contribution in [1.29, 1.82) is 0 Å². The summed E-state index contributed by atoms with van der Waals surface area (Å²) in [5.74, 6) is 0. The number of piperazine rings is 1. The molecule has 0 bridgehead atoms. The Hall–Kier alpha value is -1.33. The van der Waals surface area contributed by atoms with Gasteiger partial charge in [0.15, 0.2) is 0 Å². The number of pyridine rings is 1. The Morgan fingerprint density at radius 1 is 1.25 bits per heavy atom. The third-order valence-electron chi connectivity index (χ3n) is 2.87. The molecule has 0 aromatic carbocycles. The smallest absolute Gasteiger partial charge is 0.250 e. The summed E-state index contributed by atoms with van der Waals surface area (Å²) in [6, 6.07) is 3.16. The summed E-state index contributed by atoms with van der Waals surface area (Å²) < 4.78 is 1.68. The molecule has 16 heavy (non-hydrogen) atoms. The minimum absolute atomic E-state index is 0.0179. The van der Waals surface area contributed by atoms with Crippen LogP contribution in [0.4, 0.5) is 5.69 Å². The van der Waals surface area contributed by atoms with Crippen LogP contribution in [0.1, 0.15) is 0 Å². The van der Waals surface area contributed by atoms with E-state index in [0.29, 0.717) is 12.2 Å². The third kappa shape index (κ3) is 2.84. The Morgan fingerprint density at radius 3 is 2.75 bits per heavy atom. The maximum absolute atomic E-state index is 11.5. The summed E-state index contributed by atoms with van der Waals surface area (Å²) in [4.78, 5) is 13.9. The maximum Gasteiger partial charge on any atom is 0.250 e. The lowest BCUT2D eigenvalue weighted by Gasteiger charge is -2.27. The van der Waals surface area contributed by atoms with Crippen LogP contribution in [0, 0.1) is 0 Å². The van der Waals surface area contributed by atoms with Crippen molar-refractivity contribution in [3.8, 4) is 0 Å². The van der Waals surface area contributed by atoms with Crippen LogP contribution in [-0.2, 0) is 6.54 Å². The molecule has 5 heteroatoms. The van der Waals surface area contributed by atoms with Crippen LogP contribution in [0.15, 0.2) is 23.1 Å². The highest BCUT2D eigenvalue weighted by atomic mass is 16.1. The van der Waals surface area contributed by atoms with Crippen LogP contribution < -0.4 is 16.6 Å². The molecule has 1 aliphatic rings. The molecule has 0 aliphatic carbocycles. The van der Waals surface area contributed by atoms with Gasteiger partial charge < -0.3 is 15.6 Å². The van der Waals surface area contributed by atoms with Gasteiger partial charge in [0.1, 0.15) is 0 Å². The standard InChI is InChI=1S/C11H18N4O/c12-10-1-2-11(16)15(9-10)8-7-14-5-3-13-4-6-14/h1-2,9,13H,3-8,12H2. The molecule has 0 saturated carbocycles. The SMILES string of the molecule is Nc1ccc(=O)n(CCN2CCNCC2)c1. The monoisotopic (exact) mass is 222 g/mol. The van der Waals surface area contributed by atoms with Gasteiger partial charge in [-0.25, -0.2) is 0 Å². The molecule has 0 unspecified atom stereocenters. The Morgan fingerprint density at radius 2 is 2.00 bits per heavy atom. The molecular weight excluding hydrogens is 204 g/mol. The number of nitrogen functional groups attached to an aromatic ring is 1. The van der Waals surface area contributed by atoms with E-state index >= 15 is 0 Å². The van der Waals surface area contributed by atoms with E-state index in [4.69, 9.17) is 5.73 Å². The Bertz CT molecular complexity index is 395. The maximum atomic E-state index is 11.5. The van der Waals surface area contributed by atoms with Crippen LogP contribution in [0.25, 0.3) is 0 Å². The second-order valence-electron chi connectivity index (χ2n) is 4.09. The largest absolute Gasteiger partial charge is 0.398 e. The molecule has 88 valence electrons. The molecule has 0 radical (unpaired) electrons. The molecule has 1 saturated heterocycles. The number of rotatable bonds is 3. The van der Waals surface area contributed by atoms with Gasteiger partial charge in [-0.2, -0.15) is 0 Å². The first-order chi connectivity index (χ1) is 7.75. The van der Waals surface area contributed by atoms with Crippen molar-refractivity contribution in [2.24, 2.45) is 0 Å². The van der Waals surface area contributed by atoms with Gasteiger partial charge in [0.25, 0.3) is 5.56 Å². The summed E-state index contributed by atoms with van der Waals surface area (Å²) in [6.45, 7) is 5.79. The van der Waals surface area contributed by atoms with E-state index in [9.17, 15) is 4.79 Å². The highest BCUT2D eigenvalue weighted by Crippen LogP contribution is 1.97. The average molecular weight is 222 g/mol. The van der Waals surface area contributed by atoms with Gasteiger partial charge in [-0.05, 0) is 6.07 Å². The zero-order valence-corrected chi connectivity index (χ0v) is 9.35. The third-order valence-corrected chi connectivity index (χ3v) is 2.87. The van der Waals surface area contributed by atoms with Gasteiger partial charge in [-0.3, -0.25) is 9.69 Å². The second kappa shape index (κ2) is 5.14. The van der Waals surface area contributed by atoms with E-state index in [2.05, 4.69) is 10.2 Å². The molecule has 2 rings (SSSR count). The number of anilines is 1. The molecule has 3 N–H and O–H groups in total. The highest BCUT2D eigenvalue weighted by molar-refractivity contribution is 5.33. The van der Waals surface area contributed by atoms with E-state index < -0.39 is 0 Å². The van der Waals surface area contributed by atoms with E-state index in [1.54, 1.807) is 16.8 Å². The van der Waals surface area contributed by atoms with Crippen LogP contribution in [-0.4, -0.2) is 42.2 Å². The first-order valence-electron chi connectivity index (χ1n) is 5.65. The first-order valence-corrected chi connectivity index (χ1v) is 5.65. The van der Waals surface area contributed by atoms with Crippen molar-refractivity contribution in [3.05, 3.63) is 28.7 Å². The lowest BCUT2D eigenvalue weighted by Crippen LogP contribution is -2.45. The van der Waals surface area contributed by atoms with Crippen molar-refractivity contribution < 1.29 is 0 Å². The van der Waals surface area contributed by atoms with E-state index in [-0.39, 0.29) is 5.56 Å². The average Bonchev–Trinajstić information content (AvgIpc) is 2.32. The number of hydrogen-bond acceptors (Lipinski definition) is 4. The molecule has 1 aliphatic heterocycles. The fraction of sp³-hybridized carbons (Fsp3) is 0.545. The highest BCUT2D eigenvalue weighted by Gasteiger charge is 2.09. The van der Waals surface area contributed by atoms with Crippen molar-refractivity contribution >= 4 is 5.69 Å². The summed E-state index contributed by atoms with van der Waals surface area (Å²) >= 11 is 0. The van der Waals surface area contributed by atoms with Crippen molar-refractivity contribution in [3.63, 3.8) is 0 Å². The number of nitrogens with zero attached hydrogens (tertiary/aromatic N) is 2. The van der Waals surface area contributed by atoms with Gasteiger partial charge in [0, 0.05) is 57.2 Å². The molecule has 0 amide bonds. The number of nitrogens with one attached hydrogen (secondary N) is 1. The fourth-order valence-electron chi connectivity index (χ4n) is 1.91. The lowest BCUT2D eigenvalue weighted by atomic mass is 10.3. The van der Waals surface area contributed by atoms with Crippen LogP contribution >= 0.6 is 0 Å². The quantitative estimate of drug-likeness (QED) is 0.712. The van der Waals surface area contributed by atoms with Crippen molar-refractivity contribution in [2.75, 3.05) is 38.5 Å². The number of hydrogen-bond donors (Lipinski definition) is 2. The van der Waals surface area contributed by atoms with Crippen molar-refractivity contribution in [1.82, 2.24) is 14.8 Å². The number of nitrogens with two attached hydrogens (primary N) is 1. The van der Waals surface area contributed by atoms with Crippen LogP contribution in [0.2, 0.25) is 0 Å². The van der Waals surface area contributed by atoms with Gasteiger partial charge in [-0.1, -0.05) is 0 Å². The Kier molecular flexibility index (Phi) is 3.58. The molecule has 1 fully saturated rings. The molecular formula is C11H18N4O. The Balaban J connectivity index is 1.93. The van der Waals surface area contributed by atoms with Gasteiger partial charge in [0.05, 0.1) is 0 Å². The van der Waals surface area contributed by atoms with E-state index in [1.807, 2.05) is 0 Å². The predicted molar refractivity (Wildman–Crippen MR) is 64.4 cm³/mol. The molecule has 0 spiro atoms. The van der Waals surface area contributed by atoms with Crippen LogP contribution in [0.3, 0.4) is 0 Å². The lowest BCUT2D eigenvalue weighted by molar-refractivity contribution is 0.231. The topological polar surface area (TPSA) is 63.3 Å². The summed E-state index contributed by atoms with van der Waals surface area (Å²) in [5.41, 5.74) is 6.31. The number of aromatic nitrogens is 1. The van der Waals surface area contributed by atoms with Gasteiger partial charge in [0.2, 0.25) is 0 Å².